The van der Waals surface area contributed by atoms with Crippen LogP contribution in [0.5, 0.6) is 5.75 Å². The highest BCUT2D eigenvalue weighted by Crippen LogP contribution is 2.42. The second kappa shape index (κ2) is 6.88. The molecule has 4 nitrogen and oxygen atoms in total. The van der Waals surface area contributed by atoms with Gasteiger partial charge in [-0.2, -0.15) is 0 Å². The number of nitrogens with one attached hydrogen (secondary N) is 1. The zero-order valence-electron chi connectivity index (χ0n) is 15.5. The molecule has 0 amide bonds. The highest BCUT2D eigenvalue weighted by Gasteiger charge is 2.31. The van der Waals surface area contributed by atoms with Crippen molar-refractivity contribution in [3.05, 3.63) is 88.9 Å². The Balaban J connectivity index is 1.66. The number of anilines is 1. The Bertz CT molecular complexity index is 1140. The van der Waals surface area contributed by atoms with Crippen LogP contribution in [0.15, 0.2) is 72.8 Å². The van der Waals surface area contributed by atoms with Crippen molar-refractivity contribution in [1.29, 1.82) is 0 Å². The Hall–Kier alpha value is -2.98. The summed E-state index contributed by atoms with van der Waals surface area (Å²) in [6, 6.07) is 24.8. The van der Waals surface area contributed by atoms with E-state index in [1.165, 1.54) is 5.56 Å². The zero-order valence-corrected chi connectivity index (χ0v) is 16.2. The van der Waals surface area contributed by atoms with Crippen molar-refractivity contribution in [3.63, 3.8) is 0 Å². The van der Waals surface area contributed by atoms with Crippen LogP contribution < -0.4 is 10.1 Å². The van der Waals surface area contributed by atoms with Crippen LogP contribution in [0.2, 0.25) is 5.02 Å². The number of rotatable bonds is 3. The van der Waals surface area contributed by atoms with Crippen LogP contribution in [0.4, 0.5) is 5.95 Å². The summed E-state index contributed by atoms with van der Waals surface area (Å²) >= 11 is 6.51. The fraction of sp³-hybridized carbons (Fsp3) is 0.174. The molecule has 0 spiro atoms. The Morgan fingerprint density at radius 1 is 1.00 bits per heavy atom. The summed E-state index contributed by atoms with van der Waals surface area (Å²) in [5, 5.41) is 4.38. The number of hydrogen-bond acceptors (Lipinski definition) is 3. The topological polar surface area (TPSA) is 39.1 Å². The predicted molar refractivity (Wildman–Crippen MR) is 113 cm³/mol. The number of benzene rings is 3. The number of ether oxygens (including phenoxy) is 1. The third kappa shape index (κ3) is 2.81. The van der Waals surface area contributed by atoms with E-state index in [0.29, 0.717) is 0 Å². The number of halogens is 1. The van der Waals surface area contributed by atoms with Crippen molar-refractivity contribution in [2.75, 3.05) is 12.4 Å². The highest BCUT2D eigenvalue weighted by atomic mass is 35.5. The molecule has 140 valence electrons. The number of imidazole rings is 1. The van der Waals surface area contributed by atoms with Crippen LogP contribution in [-0.2, 0) is 0 Å². The van der Waals surface area contributed by atoms with Crippen LogP contribution >= 0.6 is 11.6 Å². The van der Waals surface area contributed by atoms with E-state index in [2.05, 4.69) is 46.3 Å². The second-order valence-corrected chi connectivity index (χ2v) is 7.44. The molecule has 0 unspecified atom stereocenters. The fourth-order valence-corrected chi connectivity index (χ4v) is 4.35. The first-order valence-electron chi connectivity index (χ1n) is 9.36. The van der Waals surface area contributed by atoms with Crippen molar-refractivity contribution in [3.8, 4) is 5.75 Å². The molecule has 0 aliphatic carbocycles. The third-order valence-electron chi connectivity index (χ3n) is 5.45. The molecule has 1 aliphatic heterocycles. The summed E-state index contributed by atoms with van der Waals surface area (Å²) in [6.45, 7) is 0. The van der Waals surface area contributed by atoms with E-state index in [4.69, 9.17) is 21.3 Å². The van der Waals surface area contributed by atoms with Crippen molar-refractivity contribution in [2.24, 2.45) is 0 Å². The van der Waals surface area contributed by atoms with Gasteiger partial charge in [0, 0.05) is 5.02 Å². The number of aromatic nitrogens is 2. The zero-order chi connectivity index (χ0) is 19.1. The van der Waals surface area contributed by atoms with E-state index in [9.17, 15) is 0 Å². The van der Waals surface area contributed by atoms with Crippen LogP contribution in [0.25, 0.3) is 11.0 Å². The number of para-hydroxylation sites is 2. The van der Waals surface area contributed by atoms with Gasteiger partial charge in [-0.3, -0.25) is 0 Å². The van der Waals surface area contributed by atoms with Gasteiger partial charge in [0.2, 0.25) is 5.95 Å². The van der Waals surface area contributed by atoms with E-state index in [1.54, 1.807) is 7.11 Å². The summed E-state index contributed by atoms with van der Waals surface area (Å²) in [5.74, 6) is 1.73. The maximum Gasteiger partial charge on any atom is 0.204 e. The van der Waals surface area contributed by atoms with Gasteiger partial charge in [0.05, 0.1) is 30.2 Å². The highest BCUT2D eigenvalue weighted by molar-refractivity contribution is 6.31. The molecule has 1 aliphatic rings. The normalized spacial score (nSPS) is 18.5. The summed E-state index contributed by atoms with van der Waals surface area (Å²) in [7, 11) is 1.69. The Morgan fingerprint density at radius 2 is 1.75 bits per heavy atom. The van der Waals surface area contributed by atoms with Gasteiger partial charge in [0.15, 0.2) is 0 Å². The largest absolute Gasteiger partial charge is 0.497 e. The molecular weight excluding hydrogens is 370 g/mol. The van der Waals surface area contributed by atoms with Gasteiger partial charge in [0.25, 0.3) is 0 Å². The molecule has 0 saturated heterocycles. The lowest BCUT2D eigenvalue weighted by atomic mass is 9.92. The van der Waals surface area contributed by atoms with E-state index in [-0.39, 0.29) is 12.1 Å². The van der Waals surface area contributed by atoms with Gasteiger partial charge < -0.3 is 14.6 Å². The molecule has 5 rings (SSSR count). The summed E-state index contributed by atoms with van der Waals surface area (Å²) < 4.78 is 7.63. The van der Waals surface area contributed by atoms with Crippen LogP contribution in [0, 0.1) is 0 Å². The van der Waals surface area contributed by atoms with Crippen LogP contribution in [0.3, 0.4) is 0 Å². The van der Waals surface area contributed by atoms with E-state index >= 15 is 0 Å². The molecular formula is C23H20ClN3O. The van der Waals surface area contributed by atoms with E-state index in [1.807, 2.05) is 36.4 Å². The molecule has 1 N–H and O–H groups in total. The van der Waals surface area contributed by atoms with Gasteiger partial charge in [-0.15, -0.1) is 0 Å². The average molecular weight is 390 g/mol. The first-order valence-corrected chi connectivity index (χ1v) is 9.74. The lowest BCUT2D eigenvalue weighted by molar-refractivity contribution is 0.414. The summed E-state index contributed by atoms with van der Waals surface area (Å²) in [5.41, 5.74) is 4.44. The van der Waals surface area contributed by atoms with Gasteiger partial charge in [-0.25, -0.2) is 4.98 Å². The lowest BCUT2D eigenvalue weighted by Crippen LogP contribution is -2.27. The second-order valence-electron chi connectivity index (χ2n) is 7.04. The van der Waals surface area contributed by atoms with Crippen molar-refractivity contribution in [2.45, 2.75) is 18.5 Å². The molecule has 2 atom stereocenters. The minimum atomic E-state index is 0.0881. The Labute approximate surface area is 168 Å². The predicted octanol–water partition coefficient (Wildman–Crippen LogP) is 5.84. The van der Waals surface area contributed by atoms with E-state index < -0.39 is 0 Å². The molecule has 0 radical (unpaired) electrons. The van der Waals surface area contributed by atoms with Gasteiger partial charge in [-0.05, 0) is 47.9 Å². The maximum absolute atomic E-state index is 6.51. The monoisotopic (exact) mass is 389 g/mol. The van der Waals surface area contributed by atoms with Crippen molar-refractivity contribution >= 4 is 28.6 Å². The fourth-order valence-electron chi connectivity index (χ4n) is 4.08. The SMILES string of the molecule is COc1ccc([C@H]2C[C@@H](c3ccccc3Cl)Nc3nc4ccccc4n32)cc1. The molecule has 3 aromatic carbocycles. The summed E-state index contributed by atoms with van der Waals surface area (Å²) in [6.07, 6.45) is 0.878. The number of methoxy groups -OCH3 is 1. The smallest absolute Gasteiger partial charge is 0.204 e. The maximum atomic E-state index is 6.51. The van der Waals surface area contributed by atoms with E-state index in [0.717, 1.165) is 39.7 Å². The molecule has 0 saturated carbocycles. The first-order chi connectivity index (χ1) is 13.7. The molecule has 2 heterocycles. The minimum Gasteiger partial charge on any atom is -0.497 e. The lowest BCUT2D eigenvalue weighted by Gasteiger charge is -2.34. The number of fused-ring (bicyclic) bond motifs is 3. The first kappa shape index (κ1) is 17.1. The third-order valence-corrected chi connectivity index (χ3v) is 5.80. The Morgan fingerprint density at radius 3 is 2.54 bits per heavy atom. The Kier molecular flexibility index (Phi) is 4.21. The average Bonchev–Trinajstić information content (AvgIpc) is 3.12. The molecule has 4 aromatic rings. The quantitative estimate of drug-likeness (QED) is 0.478. The van der Waals surface area contributed by atoms with Crippen molar-refractivity contribution in [1.82, 2.24) is 9.55 Å². The van der Waals surface area contributed by atoms with Gasteiger partial charge >= 0.3 is 0 Å². The number of hydrogen-bond donors (Lipinski definition) is 1. The van der Waals surface area contributed by atoms with Crippen molar-refractivity contribution < 1.29 is 4.74 Å². The molecule has 0 bridgehead atoms. The minimum absolute atomic E-state index is 0.0881. The number of nitrogens with zero attached hydrogens (tertiary/aromatic N) is 2. The molecule has 5 heteroatoms. The van der Waals surface area contributed by atoms with Crippen LogP contribution in [-0.4, -0.2) is 16.7 Å². The van der Waals surface area contributed by atoms with Gasteiger partial charge in [0.1, 0.15) is 5.75 Å². The standard InChI is InChI=1S/C23H20ClN3O/c1-28-16-12-10-15(11-13-16)22-14-20(17-6-2-3-7-18(17)24)26-23-25-19-8-4-5-9-21(19)27(22)23/h2-13,20,22H,14H2,1H3,(H,25,26)/t20-,22+/m0/s1. The van der Waals surface area contributed by atoms with Crippen LogP contribution in [0.1, 0.15) is 29.6 Å². The van der Waals surface area contributed by atoms with Gasteiger partial charge in [-0.1, -0.05) is 54.1 Å². The summed E-state index contributed by atoms with van der Waals surface area (Å²) in [4.78, 5) is 4.85. The molecule has 28 heavy (non-hydrogen) atoms. The molecule has 0 fully saturated rings. The molecule has 1 aromatic heterocycles.